The minimum atomic E-state index is -1.01. The van der Waals surface area contributed by atoms with Crippen molar-refractivity contribution in [1.29, 1.82) is 0 Å². The van der Waals surface area contributed by atoms with Crippen LogP contribution >= 0.6 is 11.8 Å². The minimum Gasteiger partial charge on any atom is -0.477 e. The number of aromatic carboxylic acids is 1. The average molecular weight is 229 g/mol. The summed E-state index contributed by atoms with van der Waals surface area (Å²) in [6.07, 6.45) is 3.76. The molecular weight excluding hydrogens is 214 g/mol. The fourth-order valence-electron chi connectivity index (χ4n) is 1.27. The van der Waals surface area contributed by atoms with E-state index in [1.54, 1.807) is 10.9 Å². The molecule has 0 unspecified atom stereocenters. The van der Waals surface area contributed by atoms with Gasteiger partial charge in [-0.2, -0.15) is 5.10 Å². The van der Waals surface area contributed by atoms with Gasteiger partial charge >= 0.3 is 5.97 Å². The Hall–Kier alpha value is -1.17. The number of carboxylic acids is 1. The van der Waals surface area contributed by atoms with E-state index in [4.69, 9.17) is 10.8 Å². The maximum atomic E-state index is 10.9. The summed E-state index contributed by atoms with van der Waals surface area (Å²) in [6.45, 7) is 2.73. The van der Waals surface area contributed by atoms with E-state index in [0.717, 1.165) is 12.8 Å². The Balaban J connectivity index is 3.04. The smallest absolute Gasteiger partial charge is 0.342 e. The Morgan fingerprint density at radius 1 is 1.67 bits per heavy atom. The molecule has 0 aromatic carbocycles. The summed E-state index contributed by atoms with van der Waals surface area (Å²) in [5.74, 6) is -0.764. The zero-order valence-electron chi connectivity index (χ0n) is 8.86. The number of nitrogen functional groups attached to an aromatic ring is 1. The van der Waals surface area contributed by atoms with Crippen molar-refractivity contribution in [3.8, 4) is 0 Å². The van der Waals surface area contributed by atoms with Gasteiger partial charge in [-0.25, -0.2) is 9.48 Å². The Bertz CT molecular complexity index is 362. The molecule has 0 aliphatic carbocycles. The van der Waals surface area contributed by atoms with Crippen LogP contribution in [0.1, 0.15) is 30.1 Å². The highest BCUT2D eigenvalue weighted by Crippen LogP contribution is 2.24. The van der Waals surface area contributed by atoms with Gasteiger partial charge in [0.05, 0.1) is 0 Å². The Labute approximate surface area is 92.6 Å². The lowest BCUT2D eigenvalue weighted by Crippen LogP contribution is -2.07. The minimum absolute atomic E-state index is 0.124. The molecule has 15 heavy (non-hydrogen) atoms. The monoisotopic (exact) mass is 229 g/mol. The number of hydrogen-bond acceptors (Lipinski definition) is 4. The number of carboxylic acid groups (broad SMARTS) is 1. The molecule has 0 amide bonds. The van der Waals surface area contributed by atoms with Crippen LogP contribution in [0.25, 0.3) is 0 Å². The van der Waals surface area contributed by atoms with Crippen LogP contribution in [0.3, 0.4) is 0 Å². The van der Waals surface area contributed by atoms with E-state index in [2.05, 4.69) is 12.0 Å². The first-order valence-corrected chi connectivity index (χ1v) is 5.97. The van der Waals surface area contributed by atoms with Crippen LogP contribution in [-0.4, -0.2) is 27.1 Å². The number of aromatic nitrogens is 2. The number of nitrogens with two attached hydrogens (primary N) is 1. The highest BCUT2D eigenvalue weighted by Gasteiger charge is 2.20. The largest absolute Gasteiger partial charge is 0.477 e. The van der Waals surface area contributed by atoms with Crippen LogP contribution in [-0.2, 0) is 6.54 Å². The number of carbonyl (C=O) groups is 1. The number of unbranched alkanes of at least 4 members (excludes halogenated alkanes) is 1. The topological polar surface area (TPSA) is 81.1 Å². The van der Waals surface area contributed by atoms with E-state index < -0.39 is 5.97 Å². The molecule has 0 spiro atoms. The van der Waals surface area contributed by atoms with Crippen molar-refractivity contribution in [3.63, 3.8) is 0 Å². The van der Waals surface area contributed by atoms with Crippen LogP contribution in [0.15, 0.2) is 5.03 Å². The highest BCUT2D eigenvalue weighted by molar-refractivity contribution is 7.98. The lowest BCUT2D eigenvalue weighted by atomic mass is 10.3. The van der Waals surface area contributed by atoms with Crippen molar-refractivity contribution in [2.45, 2.75) is 31.3 Å². The van der Waals surface area contributed by atoms with E-state index in [1.807, 2.05) is 0 Å². The summed E-state index contributed by atoms with van der Waals surface area (Å²) in [7, 11) is 0. The zero-order valence-corrected chi connectivity index (χ0v) is 9.67. The van der Waals surface area contributed by atoms with Crippen LogP contribution in [0.5, 0.6) is 0 Å². The number of nitrogens with zero attached hydrogens (tertiary/aromatic N) is 2. The maximum Gasteiger partial charge on any atom is 0.342 e. The molecule has 0 aliphatic rings. The maximum absolute atomic E-state index is 10.9. The van der Waals surface area contributed by atoms with Gasteiger partial charge < -0.3 is 10.8 Å². The number of aryl methyl sites for hydroxylation is 1. The Kier molecular flexibility index (Phi) is 4.02. The predicted molar refractivity (Wildman–Crippen MR) is 60.3 cm³/mol. The summed E-state index contributed by atoms with van der Waals surface area (Å²) >= 11 is 1.30. The summed E-state index contributed by atoms with van der Waals surface area (Å²) in [6, 6.07) is 0. The van der Waals surface area contributed by atoms with Crippen LogP contribution < -0.4 is 5.73 Å². The molecule has 1 heterocycles. The van der Waals surface area contributed by atoms with Gasteiger partial charge in [-0.3, -0.25) is 0 Å². The third kappa shape index (κ3) is 2.44. The molecule has 1 aromatic heterocycles. The normalized spacial score (nSPS) is 10.5. The molecule has 0 fully saturated rings. The van der Waals surface area contributed by atoms with Crippen molar-refractivity contribution in [3.05, 3.63) is 5.56 Å². The summed E-state index contributed by atoms with van der Waals surface area (Å²) in [5.41, 5.74) is 5.85. The fraction of sp³-hybridized carbons (Fsp3) is 0.556. The summed E-state index contributed by atoms with van der Waals surface area (Å²) in [4.78, 5) is 10.9. The van der Waals surface area contributed by atoms with Gasteiger partial charge in [0.1, 0.15) is 16.4 Å². The van der Waals surface area contributed by atoms with E-state index in [1.165, 1.54) is 11.8 Å². The average Bonchev–Trinajstić information content (AvgIpc) is 2.52. The molecule has 6 heteroatoms. The molecule has 3 N–H and O–H groups in total. The van der Waals surface area contributed by atoms with Crippen LogP contribution in [0.2, 0.25) is 0 Å². The van der Waals surface area contributed by atoms with Gasteiger partial charge in [-0.1, -0.05) is 13.3 Å². The van der Waals surface area contributed by atoms with E-state index in [-0.39, 0.29) is 11.4 Å². The number of anilines is 1. The van der Waals surface area contributed by atoms with Gasteiger partial charge in [0.2, 0.25) is 0 Å². The van der Waals surface area contributed by atoms with Crippen LogP contribution in [0, 0.1) is 0 Å². The predicted octanol–water partition coefficient (Wildman–Crippen LogP) is 1.69. The zero-order chi connectivity index (χ0) is 11.4. The van der Waals surface area contributed by atoms with Crippen molar-refractivity contribution in [2.24, 2.45) is 0 Å². The van der Waals surface area contributed by atoms with Gasteiger partial charge in [0.15, 0.2) is 0 Å². The first-order chi connectivity index (χ1) is 7.11. The third-order valence-electron chi connectivity index (χ3n) is 2.09. The quantitative estimate of drug-likeness (QED) is 0.751. The molecule has 1 rings (SSSR count). The molecule has 0 saturated carbocycles. The van der Waals surface area contributed by atoms with Crippen molar-refractivity contribution >= 4 is 23.5 Å². The molecule has 1 aromatic rings. The first kappa shape index (κ1) is 11.9. The molecule has 0 bridgehead atoms. The number of rotatable bonds is 5. The van der Waals surface area contributed by atoms with Crippen LogP contribution in [0.4, 0.5) is 5.82 Å². The highest BCUT2D eigenvalue weighted by atomic mass is 32.2. The molecular formula is C9H15N3O2S. The Morgan fingerprint density at radius 2 is 2.33 bits per heavy atom. The summed E-state index contributed by atoms with van der Waals surface area (Å²) < 4.78 is 1.57. The standard InChI is InChI=1S/C9H15N3O2S/c1-3-4-5-12-7(10)6(9(13)14)8(11-12)15-2/h3-5,10H2,1-2H3,(H,13,14). The molecule has 0 atom stereocenters. The van der Waals surface area contributed by atoms with Gasteiger partial charge in [0.25, 0.3) is 0 Å². The second-order valence-electron chi connectivity index (χ2n) is 3.15. The number of thioether (sulfide) groups is 1. The fourth-order valence-corrected chi connectivity index (χ4v) is 1.85. The second kappa shape index (κ2) is 5.06. The van der Waals surface area contributed by atoms with E-state index >= 15 is 0 Å². The van der Waals surface area contributed by atoms with Gasteiger partial charge in [0, 0.05) is 6.54 Å². The lowest BCUT2D eigenvalue weighted by molar-refractivity contribution is 0.0694. The lowest BCUT2D eigenvalue weighted by Gasteiger charge is -2.01. The number of hydrogen-bond donors (Lipinski definition) is 2. The van der Waals surface area contributed by atoms with Crippen molar-refractivity contribution < 1.29 is 9.90 Å². The van der Waals surface area contributed by atoms with Gasteiger partial charge in [-0.15, -0.1) is 11.8 Å². The Morgan fingerprint density at radius 3 is 2.73 bits per heavy atom. The van der Waals surface area contributed by atoms with Crippen molar-refractivity contribution in [2.75, 3.05) is 12.0 Å². The van der Waals surface area contributed by atoms with E-state index in [9.17, 15) is 4.79 Å². The first-order valence-electron chi connectivity index (χ1n) is 4.75. The SMILES string of the molecule is CCCCn1nc(SC)c(C(=O)O)c1N. The van der Waals surface area contributed by atoms with E-state index in [0.29, 0.717) is 11.6 Å². The molecule has 0 aliphatic heterocycles. The third-order valence-corrected chi connectivity index (χ3v) is 2.76. The molecule has 0 radical (unpaired) electrons. The molecule has 84 valence electrons. The molecule has 0 saturated heterocycles. The van der Waals surface area contributed by atoms with Crippen molar-refractivity contribution in [1.82, 2.24) is 9.78 Å². The second-order valence-corrected chi connectivity index (χ2v) is 3.95. The van der Waals surface area contributed by atoms with Gasteiger partial charge in [-0.05, 0) is 12.7 Å². The molecule has 5 nitrogen and oxygen atoms in total. The summed E-state index contributed by atoms with van der Waals surface area (Å²) in [5, 5.41) is 13.6.